The van der Waals surface area contributed by atoms with E-state index < -0.39 is 0 Å². The van der Waals surface area contributed by atoms with Crippen LogP contribution in [0.4, 0.5) is 0 Å². The summed E-state index contributed by atoms with van der Waals surface area (Å²) in [5.74, 6) is 0.986. The van der Waals surface area contributed by atoms with E-state index in [-0.39, 0.29) is 18.4 Å². The van der Waals surface area contributed by atoms with E-state index >= 15 is 0 Å². The van der Waals surface area contributed by atoms with Gasteiger partial charge in [0, 0.05) is 12.3 Å². The molecule has 106 valence electrons. The first-order valence-corrected chi connectivity index (χ1v) is 7.51. The highest BCUT2D eigenvalue weighted by Crippen LogP contribution is 2.34. The first kappa shape index (κ1) is 14.9. The smallest absolute Gasteiger partial charge is 0.211 e. The van der Waals surface area contributed by atoms with E-state index in [1.807, 2.05) is 17.5 Å². The van der Waals surface area contributed by atoms with Crippen molar-refractivity contribution in [3.63, 3.8) is 0 Å². The van der Waals surface area contributed by atoms with Crippen molar-refractivity contribution in [2.45, 2.75) is 11.7 Å². The second-order valence-electron chi connectivity index (χ2n) is 3.88. The molecule has 9 heteroatoms. The van der Waals surface area contributed by atoms with Gasteiger partial charge in [-0.3, -0.25) is 0 Å². The zero-order valence-electron chi connectivity index (χ0n) is 10.4. The molecule has 6 nitrogen and oxygen atoms in total. The highest BCUT2D eigenvalue weighted by molar-refractivity contribution is 7.99. The molecule has 1 aliphatic rings. The summed E-state index contributed by atoms with van der Waals surface area (Å²) in [5, 5.41) is 10.6. The van der Waals surface area contributed by atoms with Crippen molar-refractivity contribution in [2.75, 3.05) is 5.75 Å². The van der Waals surface area contributed by atoms with Crippen molar-refractivity contribution in [1.29, 1.82) is 0 Å². The van der Waals surface area contributed by atoms with E-state index in [2.05, 4.69) is 19.8 Å². The van der Waals surface area contributed by atoms with Gasteiger partial charge in [-0.2, -0.15) is 5.10 Å². The monoisotopic (exact) mass is 328 g/mol. The van der Waals surface area contributed by atoms with Gasteiger partial charge in [0.1, 0.15) is 5.69 Å². The van der Waals surface area contributed by atoms with E-state index in [1.54, 1.807) is 29.3 Å². The molecular formula is C11H13ClN6S2. The van der Waals surface area contributed by atoms with Crippen molar-refractivity contribution in [2.24, 2.45) is 21.7 Å². The zero-order valence-corrected chi connectivity index (χ0v) is 12.8. The fourth-order valence-corrected chi connectivity index (χ4v) is 3.55. The van der Waals surface area contributed by atoms with Gasteiger partial charge in [-0.15, -0.1) is 28.8 Å². The largest absolute Gasteiger partial charge is 0.369 e. The Morgan fingerprint density at radius 2 is 2.30 bits per heavy atom. The molecular weight excluding hydrogens is 316 g/mol. The lowest BCUT2D eigenvalue weighted by Crippen LogP contribution is -2.21. The van der Waals surface area contributed by atoms with Gasteiger partial charge in [-0.25, -0.2) is 4.98 Å². The van der Waals surface area contributed by atoms with Crippen LogP contribution in [-0.4, -0.2) is 27.5 Å². The van der Waals surface area contributed by atoms with Gasteiger partial charge in [-0.05, 0) is 11.4 Å². The van der Waals surface area contributed by atoms with Crippen molar-refractivity contribution >= 4 is 47.7 Å². The number of nitrogens with zero attached hydrogens (tertiary/aromatic N) is 4. The lowest BCUT2D eigenvalue weighted by atomic mass is 10.3. The van der Waals surface area contributed by atoms with Crippen LogP contribution in [0.1, 0.15) is 5.69 Å². The third-order valence-electron chi connectivity index (χ3n) is 2.63. The second-order valence-corrected chi connectivity index (χ2v) is 5.88. The van der Waals surface area contributed by atoms with E-state index in [0.717, 1.165) is 33.7 Å². The van der Waals surface area contributed by atoms with Crippen LogP contribution in [0.15, 0.2) is 32.9 Å². The normalized spacial score (nSPS) is 13.2. The van der Waals surface area contributed by atoms with Crippen molar-refractivity contribution in [3.05, 3.63) is 23.2 Å². The van der Waals surface area contributed by atoms with Gasteiger partial charge in [-0.1, -0.05) is 17.8 Å². The fraction of sp³-hybridized carbons (Fsp3) is 0.182. The standard InChI is InChI=1S/C11H12N6S2.ClH/c12-10(13)16-14-6-7-9(8-2-1-4-18-8)15-11-17(7)3-5-19-11;/h1-2,4,6H,3,5H2,(H4,12,13,16);1H/b14-6+;. The van der Waals surface area contributed by atoms with E-state index in [9.17, 15) is 0 Å². The first-order chi connectivity index (χ1) is 9.25. The molecule has 0 atom stereocenters. The third-order valence-corrected chi connectivity index (χ3v) is 4.46. The second kappa shape index (κ2) is 6.29. The Kier molecular flexibility index (Phi) is 4.69. The molecule has 4 N–H and O–H groups in total. The van der Waals surface area contributed by atoms with Crippen molar-refractivity contribution in [3.8, 4) is 10.6 Å². The average molecular weight is 329 g/mol. The maximum Gasteiger partial charge on any atom is 0.211 e. The van der Waals surface area contributed by atoms with E-state index in [4.69, 9.17) is 11.5 Å². The predicted molar refractivity (Wildman–Crippen MR) is 86.9 cm³/mol. The van der Waals surface area contributed by atoms with Crippen LogP contribution in [-0.2, 0) is 6.54 Å². The molecule has 0 saturated heterocycles. The molecule has 0 aromatic carbocycles. The fourth-order valence-electron chi connectivity index (χ4n) is 1.87. The zero-order chi connectivity index (χ0) is 13.2. The number of fused-ring (bicyclic) bond motifs is 1. The van der Waals surface area contributed by atoms with Gasteiger partial charge < -0.3 is 16.0 Å². The lowest BCUT2D eigenvalue weighted by Gasteiger charge is -1.99. The molecule has 0 amide bonds. The molecule has 0 aliphatic carbocycles. The topological polar surface area (TPSA) is 94.6 Å². The number of halogens is 1. The number of hydrogen-bond donors (Lipinski definition) is 2. The number of thioether (sulfide) groups is 1. The van der Waals surface area contributed by atoms with Gasteiger partial charge in [0.2, 0.25) is 5.96 Å². The minimum absolute atomic E-state index is 0. The highest BCUT2D eigenvalue weighted by atomic mass is 35.5. The molecule has 0 bridgehead atoms. The minimum Gasteiger partial charge on any atom is -0.369 e. The Morgan fingerprint density at radius 1 is 1.45 bits per heavy atom. The van der Waals surface area contributed by atoms with Crippen LogP contribution < -0.4 is 11.5 Å². The average Bonchev–Trinajstić information content (AvgIpc) is 3.03. The number of guanidine groups is 1. The van der Waals surface area contributed by atoms with Crippen LogP contribution in [0.5, 0.6) is 0 Å². The number of nitrogens with two attached hydrogens (primary N) is 2. The van der Waals surface area contributed by atoms with Crippen LogP contribution >= 0.6 is 35.5 Å². The van der Waals surface area contributed by atoms with Gasteiger partial charge in [0.05, 0.1) is 16.8 Å². The molecule has 3 heterocycles. The quantitative estimate of drug-likeness (QED) is 0.510. The number of rotatable bonds is 3. The summed E-state index contributed by atoms with van der Waals surface area (Å²) < 4.78 is 2.14. The summed E-state index contributed by atoms with van der Waals surface area (Å²) in [6.07, 6.45) is 1.66. The van der Waals surface area contributed by atoms with E-state index in [0.29, 0.717) is 0 Å². The number of imidazole rings is 1. The van der Waals surface area contributed by atoms with Gasteiger partial charge in [0.25, 0.3) is 0 Å². The van der Waals surface area contributed by atoms with Gasteiger partial charge >= 0.3 is 0 Å². The van der Waals surface area contributed by atoms with E-state index in [1.165, 1.54) is 0 Å². The number of hydrogen-bond acceptors (Lipinski definition) is 5. The molecule has 3 rings (SSSR count). The first-order valence-electron chi connectivity index (χ1n) is 5.65. The number of thiophene rings is 1. The molecule has 0 radical (unpaired) electrons. The lowest BCUT2D eigenvalue weighted by molar-refractivity contribution is 0.715. The summed E-state index contributed by atoms with van der Waals surface area (Å²) in [6.45, 7) is 0.932. The molecule has 0 unspecified atom stereocenters. The van der Waals surface area contributed by atoms with Crippen molar-refractivity contribution in [1.82, 2.24) is 9.55 Å². The Labute approximate surface area is 130 Å². The Morgan fingerprint density at radius 3 is 3.00 bits per heavy atom. The summed E-state index contributed by atoms with van der Waals surface area (Å²) in [6, 6.07) is 4.06. The molecule has 2 aromatic heterocycles. The molecule has 2 aromatic rings. The molecule has 0 spiro atoms. The molecule has 0 fully saturated rings. The summed E-state index contributed by atoms with van der Waals surface area (Å²) in [5.41, 5.74) is 12.4. The van der Waals surface area contributed by atoms with Crippen LogP contribution in [0.25, 0.3) is 10.6 Å². The SMILES string of the molecule is Cl.NC(N)=N/N=C/c1c(-c2cccs2)nc2n1CCS2. The molecule has 1 aliphatic heterocycles. The minimum atomic E-state index is -0.0514. The maximum atomic E-state index is 5.27. The molecule has 0 saturated carbocycles. The van der Waals surface area contributed by atoms with Crippen LogP contribution in [0, 0.1) is 0 Å². The Bertz CT molecular complexity index is 642. The van der Waals surface area contributed by atoms with Gasteiger partial charge in [0.15, 0.2) is 5.16 Å². The van der Waals surface area contributed by atoms with Crippen molar-refractivity contribution < 1.29 is 0 Å². The summed E-state index contributed by atoms with van der Waals surface area (Å²) in [7, 11) is 0. The summed E-state index contributed by atoms with van der Waals surface area (Å²) >= 11 is 3.40. The summed E-state index contributed by atoms with van der Waals surface area (Å²) in [4.78, 5) is 5.78. The molecule has 20 heavy (non-hydrogen) atoms. The number of aromatic nitrogens is 2. The van der Waals surface area contributed by atoms with Crippen LogP contribution in [0.2, 0.25) is 0 Å². The van der Waals surface area contributed by atoms with Crippen LogP contribution in [0.3, 0.4) is 0 Å². The predicted octanol–water partition coefficient (Wildman–Crippen LogP) is 1.75. The maximum absolute atomic E-state index is 5.27. The Balaban J connectivity index is 0.00000147. The highest BCUT2D eigenvalue weighted by Gasteiger charge is 2.21. The Hall–Kier alpha value is -1.51. The third kappa shape index (κ3) is 2.82.